The Labute approximate surface area is 102 Å². The lowest BCUT2D eigenvalue weighted by molar-refractivity contribution is -0.119. The maximum Gasteiger partial charge on any atom is 0.235 e. The van der Waals surface area contributed by atoms with Crippen LogP contribution in [0.1, 0.15) is 18.5 Å². The number of carbonyl (C=O) groups excluding carboxylic acids is 1. The van der Waals surface area contributed by atoms with E-state index in [9.17, 15) is 4.79 Å². The van der Waals surface area contributed by atoms with Gasteiger partial charge in [0.25, 0.3) is 0 Å². The predicted molar refractivity (Wildman–Crippen MR) is 66.4 cm³/mol. The molecule has 0 radical (unpaired) electrons. The van der Waals surface area contributed by atoms with Gasteiger partial charge >= 0.3 is 0 Å². The summed E-state index contributed by atoms with van der Waals surface area (Å²) in [6, 6.07) is 7.96. The summed E-state index contributed by atoms with van der Waals surface area (Å²) in [7, 11) is 0. The van der Waals surface area contributed by atoms with Crippen molar-refractivity contribution >= 4 is 40.1 Å². The van der Waals surface area contributed by atoms with Crippen LogP contribution < -0.4 is 5.32 Å². The Morgan fingerprint density at radius 2 is 2.21 bits per heavy atom. The molecule has 1 atom stereocenters. The van der Waals surface area contributed by atoms with Gasteiger partial charge in [0.1, 0.15) is 5.88 Å². The van der Waals surface area contributed by atoms with Crippen molar-refractivity contribution in [3.63, 3.8) is 0 Å². The van der Waals surface area contributed by atoms with E-state index in [1.54, 1.807) is 0 Å². The molecule has 1 aromatic carbocycles. The van der Waals surface area contributed by atoms with Gasteiger partial charge in [-0.2, -0.15) is 0 Å². The lowest BCUT2D eigenvalue weighted by Gasteiger charge is -2.14. The van der Waals surface area contributed by atoms with Crippen LogP contribution in [-0.2, 0) is 4.79 Å². The summed E-state index contributed by atoms with van der Waals surface area (Å²) < 4.78 is 1.15. The fourth-order valence-corrected chi connectivity index (χ4v) is 2.12. The Kier molecular flexibility index (Phi) is 4.68. The minimum atomic E-state index is -0.140. The van der Waals surface area contributed by atoms with Gasteiger partial charge in [-0.15, -0.1) is 11.6 Å². The van der Waals surface area contributed by atoms with E-state index in [0.29, 0.717) is 0 Å². The number of halogens is 2. The first-order valence-electron chi connectivity index (χ1n) is 4.25. The monoisotopic (exact) mass is 323 g/mol. The van der Waals surface area contributed by atoms with E-state index in [-0.39, 0.29) is 17.8 Å². The van der Waals surface area contributed by atoms with Crippen molar-refractivity contribution in [2.24, 2.45) is 0 Å². The van der Waals surface area contributed by atoms with Gasteiger partial charge < -0.3 is 5.32 Å². The van der Waals surface area contributed by atoms with Crippen LogP contribution in [-0.4, -0.2) is 11.8 Å². The van der Waals surface area contributed by atoms with Gasteiger partial charge in [-0.25, -0.2) is 0 Å². The average molecular weight is 324 g/mol. The molecule has 4 heteroatoms. The van der Waals surface area contributed by atoms with E-state index >= 15 is 0 Å². The Morgan fingerprint density at radius 1 is 1.57 bits per heavy atom. The van der Waals surface area contributed by atoms with E-state index < -0.39 is 0 Å². The smallest absolute Gasteiger partial charge is 0.235 e. The van der Waals surface area contributed by atoms with Crippen LogP contribution in [0, 0.1) is 3.57 Å². The molecule has 1 N–H and O–H groups in total. The van der Waals surface area contributed by atoms with Gasteiger partial charge in [-0.05, 0) is 41.1 Å². The van der Waals surface area contributed by atoms with E-state index in [1.807, 2.05) is 31.2 Å². The highest BCUT2D eigenvalue weighted by Gasteiger charge is 2.10. The van der Waals surface area contributed by atoms with Crippen molar-refractivity contribution in [3.8, 4) is 0 Å². The maximum atomic E-state index is 11.1. The fraction of sp³-hybridized carbons (Fsp3) is 0.300. The van der Waals surface area contributed by atoms with Crippen LogP contribution in [0.2, 0.25) is 0 Å². The quantitative estimate of drug-likeness (QED) is 0.672. The molecule has 0 saturated carbocycles. The van der Waals surface area contributed by atoms with Gasteiger partial charge in [0.15, 0.2) is 0 Å². The van der Waals surface area contributed by atoms with Gasteiger partial charge in [0.2, 0.25) is 5.91 Å². The lowest BCUT2D eigenvalue weighted by atomic mass is 10.1. The molecule has 0 fully saturated rings. The molecule has 0 spiro atoms. The van der Waals surface area contributed by atoms with E-state index in [1.165, 1.54) is 0 Å². The minimum absolute atomic E-state index is 0.00769. The number of nitrogens with one attached hydrogen (secondary N) is 1. The zero-order chi connectivity index (χ0) is 10.6. The molecular formula is C10H11ClINO. The van der Waals surface area contributed by atoms with Gasteiger partial charge in [-0.3, -0.25) is 4.79 Å². The van der Waals surface area contributed by atoms with Crippen molar-refractivity contribution in [1.82, 2.24) is 5.32 Å². The summed E-state index contributed by atoms with van der Waals surface area (Å²) in [6.45, 7) is 1.95. The molecule has 0 bridgehead atoms. The van der Waals surface area contributed by atoms with E-state index in [0.717, 1.165) is 9.13 Å². The standard InChI is InChI=1S/C10H11ClINO/c1-7(13-10(14)6-11)8-4-2-3-5-9(8)12/h2-5,7H,6H2,1H3,(H,13,14). The third kappa shape index (κ3) is 3.13. The molecule has 0 saturated heterocycles. The van der Waals surface area contributed by atoms with Crippen molar-refractivity contribution in [2.45, 2.75) is 13.0 Å². The van der Waals surface area contributed by atoms with Crippen LogP contribution in [0.4, 0.5) is 0 Å². The Morgan fingerprint density at radius 3 is 2.79 bits per heavy atom. The van der Waals surface area contributed by atoms with Crippen molar-refractivity contribution in [3.05, 3.63) is 33.4 Å². The van der Waals surface area contributed by atoms with Gasteiger partial charge in [-0.1, -0.05) is 18.2 Å². The molecular weight excluding hydrogens is 312 g/mol. The molecule has 0 aliphatic heterocycles. The summed E-state index contributed by atoms with van der Waals surface area (Å²) in [5, 5.41) is 2.81. The second-order valence-corrected chi connectivity index (χ2v) is 4.37. The summed E-state index contributed by atoms with van der Waals surface area (Å²) in [5.41, 5.74) is 1.12. The predicted octanol–water partition coefficient (Wildman–Crippen LogP) is 2.71. The Hall–Kier alpha value is -0.290. The summed E-state index contributed by atoms with van der Waals surface area (Å²) in [5.74, 6) is -0.132. The second-order valence-electron chi connectivity index (χ2n) is 2.94. The molecule has 1 unspecified atom stereocenters. The van der Waals surface area contributed by atoms with Crippen LogP contribution in [0.25, 0.3) is 0 Å². The summed E-state index contributed by atoms with van der Waals surface area (Å²) in [4.78, 5) is 11.1. The van der Waals surface area contributed by atoms with Gasteiger partial charge in [0, 0.05) is 3.57 Å². The highest BCUT2D eigenvalue weighted by Crippen LogP contribution is 2.18. The molecule has 1 amide bonds. The minimum Gasteiger partial charge on any atom is -0.349 e. The number of hydrogen-bond acceptors (Lipinski definition) is 1. The topological polar surface area (TPSA) is 29.1 Å². The van der Waals surface area contributed by atoms with E-state index in [2.05, 4.69) is 27.9 Å². The molecule has 2 nitrogen and oxygen atoms in total. The molecule has 1 aromatic rings. The lowest BCUT2D eigenvalue weighted by Crippen LogP contribution is -2.27. The molecule has 0 heterocycles. The zero-order valence-electron chi connectivity index (χ0n) is 7.76. The zero-order valence-corrected chi connectivity index (χ0v) is 10.7. The molecule has 1 rings (SSSR count). The van der Waals surface area contributed by atoms with E-state index in [4.69, 9.17) is 11.6 Å². The fourth-order valence-electron chi connectivity index (χ4n) is 1.18. The first-order valence-corrected chi connectivity index (χ1v) is 5.86. The van der Waals surface area contributed by atoms with Gasteiger partial charge in [0.05, 0.1) is 6.04 Å². The molecule has 0 aromatic heterocycles. The number of hydrogen-bond donors (Lipinski definition) is 1. The molecule has 76 valence electrons. The third-order valence-electron chi connectivity index (χ3n) is 1.87. The molecule has 0 aliphatic carbocycles. The highest BCUT2D eigenvalue weighted by molar-refractivity contribution is 14.1. The first-order chi connectivity index (χ1) is 6.65. The Bertz CT molecular complexity index is 330. The summed E-state index contributed by atoms with van der Waals surface area (Å²) in [6.07, 6.45) is 0. The number of carbonyl (C=O) groups is 1. The third-order valence-corrected chi connectivity index (χ3v) is 3.10. The normalized spacial score (nSPS) is 12.2. The average Bonchev–Trinajstić information content (AvgIpc) is 2.18. The highest BCUT2D eigenvalue weighted by atomic mass is 127. The SMILES string of the molecule is CC(NC(=O)CCl)c1ccccc1I. The van der Waals surface area contributed by atoms with Crippen LogP contribution in [0.15, 0.2) is 24.3 Å². The van der Waals surface area contributed by atoms with Crippen LogP contribution in [0.5, 0.6) is 0 Å². The van der Waals surface area contributed by atoms with Crippen molar-refractivity contribution in [2.75, 3.05) is 5.88 Å². The number of rotatable bonds is 3. The van der Waals surface area contributed by atoms with Crippen LogP contribution in [0.3, 0.4) is 0 Å². The molecule has 14 heavy (non-hydrogen) atoms. The number of alkyl halides is 1. The second kappa shape index (κ2) is 5.56. The molecule has 0 aliphatic rings. The largest absolute Gasteiger partial charge is 0.349 e. The maximum absolute atomic E-state index is 11.1. The van der Waals surface area contributed by atoms with Crippen molar-refractivity contribution < 1.29 is 4.79 Å². The number of amides is 1. The van der Waals surface area contributed by atoms with Crippen molar-refractivity contribution in [1.29, 1.82) is 0 Å². The summed E-state index contributed by atoms with van der Waals surface area (Å²) >= 11 is 7.66. The number of benzene rings is 1. The van der Waals surface area contributed by atoms with Crippen LogP contribution >= 0.6 is 34.2 Å². The Balaban J connectivity index is 2.74. The first kappa shape index (κ1) is 11.8.